The van der Waals surface area contributed by atoms with Crippen molar-refractivity contribution in [3.63, 3.8) is 0 Å². The van der Waals surface area contributed by atoms with Gasteiger partial charge in [-0.2, -0.15) is 0 Å². The molecular formula is C12H21NO3. The summed E-state index contributed by atoms with van der Waals surface area (Å²) in [5.74, 6) is -0.729. The Bertz CT molecular complexity index is 318. The van der Waals surface area contributed by atoms with Crippen LogP contribution in [-0.4, -0.2) is 33.9 Å². The van der Waals surface area contributed by atoms with E-state index < -0.39 is 11.5 Å². The minimum atomic E-state index is -0.729. The predicted molar refractivity (Wildman–Crippen MR) is 60.4 cm³/mol. The van der Waals surface area contributed by atoms with Gasteiger partial charge in [-0.25, -0.2) is 0 Å². The van der Waals surface area contributed by atoms with Crippen molar-refractivity contribution < 1.29 is 14.6 Å². The number of rotatable bonds is 3. The molecule has 2 fully saturated rings. The highest BCUT2D eigenvalue weighted by molar-refractivity contribution is 5.82. The molecule has 0 radical (unpaired) electrons. The lowest BCUT2D eigenvalue weighted by Crippen LogP contribution is -2.52. The summed E-state index contributed by atoms with van der Waals surface area (Å²) in [5, 5.41) is 12.4. The van der Waals surface area contributed by atoms with E-state index in [1.165, 1.54) is 0 Å². The molecule has 0 aromatic rings. The number of hydrogen-bond donors (Lipinski definition) is 2. The molecule has 0 amide bonds. The number of aliphatic carboxylic acids is 1. The summed E-state index contributed by atoms with van der Waals surface area (Å²) < 4.78 is 5.95. The molecule has 92 valence electrons. The average molecular weight is 227 g/mol. The van der Waals surface area contributed by atoms with E-state index in [4.69, 9.17) is 9.84 Å². The lowest BCUT2D eigenvalue weighted by atomic mass is 9.93. The zero-order chi connectivity index (χ0) is 12.2. The Morgan fingerprint density at radius 2 is 1.88 bits per heavy atom. The molecular weight excluding hydrogens is 206 g/mol. The van der Waals surface area contributed by atoms with Crippen LogP contribution in [0.25, 0.3) is 0 Å². The van der Waals surface area contributed by atoms with Gasteiger partial charge in [0, 0.05) is 6.04 Å². The van der Waals surface area contributed by atoms with Crippen molar-refractivity contribution in [1.82, 2.24) is 5.32 Å². The second-order valence-electron chi connectivity index (χ2n) is 6.25. The largest absolute Gasteiger partial charge is 0.480 e. The Hall–Kier alpha value is -0.610. The molecule has 1 saturated carbocycles. The van der Waals surface area contributed by atoms with E-state index in [2.05, 4.69) is 19.2 Å². The molecule has 0 aromatic heterocycles. The van der Waals surface area contributed by atoms with Gasteiger partial charge in [-0.1, -0.05) is 0 Å². The number of hydrogen-bond acceptors (Lipinski definition) is 3. The van der Waals surface area contributed by atoms with Gasteiger partial charge in [0.2, 0.25) is 0 Å². The number of nitrogens with one attached hydrogen (secondary N) is 1. The van der Waals surface area contributed by atoms with Crippen molar-refractivity contribution >= 4 is 5.97 Å². The zero-order valence-electron chi connectivity index (χ0n) is 10.5. The van der Waals surface area contributed by atoms with Gasteiger partial charge in [-0.3, -0.25) is 10.1 Å². The fraction of sp³-hybridized carbons (Fsp3) is 0.917. The summed E-state index contributed by atoms with van der Waals surface area (Å²) in [4.78, 5) is 11.1. The van der Waals surface area contributed by atoms with E-state index in [0.29, 0.717) is 0 Å². The van der Waals surface area contributed by atoms with Crippen LogP contribution in [-0.2, 0) is 9.53 Å². The second-order valence-corrected chi connectivity index (χ2v) is 6.25. The van der Waals surface area contributed by atoms with Crippen LogP contribution in [0, 0.1) is 0 Å². The SMILES string of the molecule is CC1(C)CC(NC2(C(=O)O)CC2)C(C)(C)O1. The maximum Gasteiger partial charge on any atom is 0.323 e. The van der Waals surface area contributed by atoms with Crippen molar-refractivity contribution in [2.75, 3.05) is 0 Å². The summed E-state index contributed by atoms with van der Waals surface area (Å²) in [6.07, 6.45) is 2.32. The molecule has 16 heavy (non-hydrogen) atoms. The van der Waals surface area contributed by atoms with Gasteiger partial charge in [-0.15, -0.1) is 0 Å². The van der Waals surface area contributed by atoms with E-state index in [1.807, 2.05) is 13.8 Å². The third-order valence-corrected chi connectivity index (χ3v) is 3.68. The normalized spacial score (nSPS) is 33.6. The fourth-order valence-electron chi connectivity index (χ4n) is 2.67. The van der Waals surface area contributed by atoms with Crippen LogP contribution >= 0.6 is 0 Å². The van der Waals surface area contributed by atoms with Gasteiger partial charge < -0.3 is 9.84 Å². The third-order valence-electron chi connectivity index (χ3n) is 3.68. The molecule has 1 aliphatic carbocycles. The molecule has 1 atom stereocenters. The molecule has 4 heteroatoms. The quantitative estimate of drug-likeness (QED) is 0.768. The van der Waals surface area contributed by atoms with Crippen LogP contribution in [0.5, 0.6) is 0 Å². The van der Waals surface area contributed by atoms with Crippen LogP contribution in [0.1, 0.15) is 47.0 Å². The summed E-state index contributed by atoms with van der Waals surface area (Å²) in [6.45, 7) is 8.15. The van der Waals surface area contributed by atoms with E-state index in [0.717, 1.165) is 19.3 Å². The Morgan fingerprint density at radius 1 is 1.31 bits per heavy atom. The second kappa shape index (κ2) is 3.20. The molecule has 2 aliphatic rings. The first-order valence-electron chi connectivity index (χ1n) is 5.88. The lowest BCUT2D eigenvalue weighted by Gasteiger charge is -2.29. The van der Waals surface area contributed by atoms with Gasteiger partial charge in [0.25, 0.3) is 0 Å². The standard InChI is InChI=1S/C12H21NO3/c1-10(2)7-8(11(3,4)16-10)13-12(5-6-12)9(14)15/h8,13H,5-7H2,1-4H3,(H,14,15). The summed E-state index contributed by atoms with van der Waals surface area (Å²) >= 11 is 0. The maximum absolute atomic E-state index is 11.1. The number of ether oxygens (including phenoxy) is 1. The maximum atomic E-state index is 11.1. The first-order valence-corrected chi connectivity index (χ1v) is 5.88. The molecule has 2 N–H and O–H groups in total. The topological polar surface area (TPSA) is 58.6 Å². The van der Waals surface area contributed by atoms with E-state index in [-0.39, 0.29) is 17.2 Å². The van der Waals surface area contributed by atoms with Crippen molar-refractivity contribution in [3.05, 3.63) is 0 Å². The van der Waals surface area contributed by atoms with Crippen LogP contribution in [0.15, 0.2) is 0 Å². The molecule has 1 heterocycles. The van der Waals surface area contributed by atoms with Crippen LogP contribution in [0.3, 0.4) is 0 Å². The minimum absolute atomic E-state index is 0.112. The van der Waals surface area contributed by atoms with Crippen molar-refractivity contribution in [1.29, 1.82) is 0 Å². The molecule has 0 bridgehead atoms. The van der Waals surface area contributed by atoms with Gasteiger partial charge in [0.1, 0.15) is 5.54 Å². The van der Waals surface area contributed by atoms with Gasteiger partial charge >= 0.3 is 5.97 Å². The van der Waals surface area contributed by atoms with Crippen LogP contribution in [0.4, 0.5) is 0 Å². The molecule has 1 unspecified atom stereocenters. The molecule has 0 spiro atoms. The van der Waals surface area contributed by atoms with Crippen molar-refractivity contribution in [2.45, 2.75) is 69.7 Å². The summed E-state index contributed by atoms with van der Waals surface area (Å²) in [5.41, 5.74) is -1.14. The first-order chi connectivity index (χ1) is 7.17. The Morgan fingerprint density at radius 3 is 2.19 bits per heavy atom. The summed E-state index contributed by atoms with van der Waals surface area (Å²) in [6, 6.07) is 0.112. The third kappa shape index (κ3) is 1.96. The zero-order valence-corrected chi connectivity index (χ0v) is 10.5. The monoisotopic (exact) mass is 227 g/mol. The Labute approximate surface area is 96.4 Å². The van der Waals surface area contributed by atoms with Gasteiger partial charge in [0.05, 0.1) is 11.2 Å². The van der Waals surface area contributed by atoms with Gasteiger partial charge in [-0.05, 0) is 47.0 Å². The predicted octanol–water partition coefficient (Wildman–Crippen LogP) is 1.54. The molecule has 1 aliphatic heterocycles. The minimum Gasteiger partial charge on any atom is -0.480 e. The van der Waals surface area contributed by atoms with E-state index >= 15 is 0 Å². The Kier molecular flexibility index (Phi) is 2.37. The van der Waals surface area contributed by atoms with E-state index in [9.17, 15) is 4.79 Å². The fourth-order valence-corrected chi connectivity index (χ4v) is 2.67. The van der Waals surface area contributed by atoms with Crippen molar-refractivity contribution in [2.24, 2.45) is 0 Å². The highest BCUT2D eigenvalue weighted by Gasteiger charge is 2.56. The lowest BCUT2D eigenvalue weighted by molar-refractivity contribution is -0.141. The first kappa shape index (κ1) is 11.9. The van der Waals surface area contributed by atoms with Gasteiger partial charge in [0.15, 0.2) is 0 Å². The molecule has 2 rings (SSSR count). The Balaban J connectivity index is 2.09. The molecule has 1 saturated heterocycles. The van der Waals surface area contributed by atoms with Crippen molar-refractivity contribution in [3.8, 4) is 0 Å². The number of carbonyl (C=O) groups is 1. The number of carboxylic acid groups (broad SMARTS) is 1. The van der Waals surface area contributed by atoms with E-state index in [1.54, 1.807) is 0 Å². The highest BCUT2D eigenvalue weighted by Crippen LogP contribution is 2.42. The molecule has 4 nitrogen and oxygen atoms in total. The number of carboxylic acids is 1. The van der Waals surface area contributed by atoms with Crippen LogP contribution < -0.4 is 5.32 Å². The highest BCUT2D eigenvalue weighted by atomic mass is 16.5. The molecule has 0 aromatic carbocycles. The average Bonchev–Trinajstić information content (AvgIpc) is 2.77. The smallest absolute Gasteiger partial charge is 0.323 e. The summed E-state index contributed by atoms with van der Waals surface area (Å²) in [7, 11) is 0. The van der Waals surface area contributed by atoms with Crippen LogP contribution in [0.2, 0.25) is 0 Å².